The van der Waals surface area contributed by atoms with E-state index in [0.717, 1.165) is 0 Å². The maximum Gasteiger partial charge on any atom is 0.340 e. The molecule has 0 unspecified atom stereocenters. The number of carbonyl (C=O) groups is 2. The summed E-state index contributed by atoms with van der Waals surface area (Å²) in [6.45, 7) is -0.423. The van der Waals surface area contributed by atoms with E-state index in [1.54, 1.807) is 54.6 Å². The molecule has 134 valence electrons. The van der Waals surface area contributed by atoms with E-state index in [2.05, 4.69) is 5.32 Å². The van der Waals surface area contributed by atoms with E-state index in [0.29, 0.717) is 11.4 Å². The highest BCUT2D eigenvalue weighted by atomic mass is 16.5. The van der Waals surface area contributed by atoms with Gasteiger partial charge in [0.2, 0.25) is 0 Å². The molecule has 26 heavy (non-hydrogen) atoms. The maximum absolute atomic E-state index is 12.4. The first-order chi connectivity index (χ1) is 12.7. The average molecular weight is 353 g/mol. The Labute approximate surface area is 151 Å². The van der Waals surface area contributed by atoms with Crippen LogP contribution in [0.25, 0.3) is 0 Å². The van der Waals surface area contributed by atoms with Crippen molar-refractivity contribution in [3.05, 3.63) is 60.2 Å². The van der Waals surface area contributed by atoms with E-state index in [-0.39, 0.29) is 25.3 Å². The number of aliphatic hydroxyl groups excluding tert-OH is 1. The summed E-state index contributed by atoms with van der Waals surface area (Å²) in [4.78, 5) is 25.9. The molecule has 0 aliphatic heterocycles. The van der Waals surface area contributed by atoms with Crippen LogP contribution in [0.4, 0.5) is 11.4 Å². The highest BCUT2D eigenvalue weighted by Crippen LogP contribution is 2.17. The number of nitriles is 1. The van der Waals surface area contributed by atoms with Gasteiger partial charge in [0, 0.05) is 17.9 Å². The van der Waals surface area contributed by atoms with Gasteiger partial charge in [-0.2, -0.15) is 5.26 Å². The molecule has 0 spiro atoms. The van der Waals surface area contributed by atoms with Crippen molar-refractivity contribution in [2.45, 2.75) is 0 Å². The lowest BCUT2D eigenvalue weighted by molar-refractivity contribution is -0.121. The van der Waals surface area contributed by atoms with Gasteiger partial charge in [-0.05, 0) is 24.3 Å². The number of carbonyl (C=O) groups excluding carboxylic acids is 2. The summed E-state index contributed by atoms with van der Waals surface area (Å²) < 4.78 is 5.12. The Kier molecular flexibility index (Phi) is 7.16. The number of aliphatic hydroxyl groups is 1. The van der Waals surface area contributed by atoms with Gasteiger partial charge in [0.25, 0.3) is 5.91 Å². The van der Waals surface area contributed by atoms with E-state index < -0.39 is 18.5 Å². The number of anilines is 2. The third-order valence-corrected chi connectivity index (χ3v) is 3.50. The zero-order valence-electron chi connectivity index (χ0n) is 14.1. The van der Waals surface area contributed by atoms with Gasteiger partial charge in [0.05, 0.1) is 18.2 Å². The first-order valence-corrected chi connectivity index (χ1v) is 8.00. The number of nitrogens with zero attached hydrogens (tertiary/aromatic N) is 2. The lowest BCUT2D eigenvalue weighted by atomic mass is 10.2. The van der Waals surface area contributed by atoms with Crippen LogP contribution < -0.4 is 10.2 Å². The molecule has 7 nitrogen and oxygen atoms in total. The highest BCUT2D eigenvalue weighted by molar-refractivity contribution is 5.99. The van der Waals surface area contributed by atoms with Crippen LogP contribution in [0.3, 0.4) is 0 Å². The minimum absolute atomic E-state index is 0.0813. The number of esters is 1. The molecule has 0 fully saturated rings. The topological polar surface area (TPSA) is 103 Å². The van der Waals surface area contributed by atoms with Crippen LogP contribution in [-0.2, 0) is 9.53 Å². The minimum Gasteiger partial charge on any atom is -0.452 e. The van der Waals surface area contributed by atoms with Crippen LogP contribution in [0.2, 0.25) is 0 Å². The monoisotopic (exact) mass is 353 g/mol. The van der Waals surface area contributed by atoms with Gasteiger partial charge in [-0.1, -0.05) is 30.3 Å². The van der Waals surface area contributed by atoms with Crippen LogP contribution in [0.1, 0.15) is 10.4 Å². The molecule has 0 saturated carbocycles. The molecular formula is C19H19N3O4. The van der Waals surface area contributed by atoms with Gasteiger partial charge in [-0.15, -0.1) is 0 Å². The molecule has 0 aliphatic carbocycles. The molecule has 0 heterocycles. The van der Waals surface area contributed by atoms with Gasteiger partial charge in [-0.25, -0.2) is 4.79 Å². The maximum atomic E-state index is 12.4. The Balaban J connectivity index is 2.04. The van der Waals surface area contributed by atoms with Gasteiger partial charge in [-0.3, -0.25) is 9.69 Å². The number of nitrogens with one attached hydrogen (secondary N) is 1. The summed E-state index contributed by atoms with van der Waals surface area (Å²) in [6.07, 6.45) is 0. The molecule has 2 aromatic rings. The molecule has 2 rings (SSSR count). The molecule has 0 saturated heterocycles. The number of para-hydroxylation sites is 2. The minimum atomic E-state index is -0.663. The van der Waals surface area contributed by atoms with Gasteiger partial charge in [0.15, 0.2) is 6.61 Å². The Hall–Kier alpha value is -3.37. The third-order valence-electron chi connectivity index (χ3n) is 3.50. The fraction of sp³-hybridized carbons (Fsp3) is 0.211. The standard InChI is InChI=1S/C19H19N3O4/c20-10-12-22(15-6-2-1-3-7-15)18(24)14-26-19(25)16-8-4-5-9-17(16)21-11-13-23/h1-9,21,23H,11-14H2. The van der Waals surface area contributed by atoms with Crippen molar-refractivity contribution in [2.24, 2.45) is 0 Å². The summed E-state index contributed by atoms with van der Waals surface area (Å²) in [7, 11) is 0. The fourth-order valence-corrected chi connectivity index (χ4v) is 2.29. The molecule has 0 bridgehead atoms. The van der Waals surface area contributed by atoms with E-state index in [1.807, 2.05) is 6.07 Å². The third kappa shape index (κ3) is 5.06. The van der Waals surface area contributed by atoms with Crippen LogP contribution in [0.15, 0.2) is 54.6 Å². The molecule has 0 atom stereocenters. The molecule has 0 aliphatic rings. The first-order valence-electron chi connectivity index (χ1n) is 8.00. The molecule has 2 aromatic carbocycles. The summed E-state index contributed by atoms with van der Waals surface area (Å²) in [5, 5.41) is 20.7. The second kappa shape index (κ2) is 9.81. The number of hydrogen-bond acceptors (Lipinski definition) is 6. The molecule has 0 aromatic heterocycles. The number of hydrogen-bond donors (Lipinski definition) is 2. The average Bonchev–Trinajstić information content (AvgIpc) is 2.69. The molecule has 1 amide bonds. The zero-order chi connectivity index (χ0) is 18.8. The Morgan fingerprint density at radius 2 is 1.81 bits per heavy atom. The Bertz CT molecular complexity index is 787. The Morgan fingerprint density at radius 1 is 1.12 bits per heavy atom. The number of rotatable bonds is 8. The fourth-order valence-electron chi connectivity index (χ4n) is 2.29. The van der Waals surface area contributed by atoms with E-state index in [9.17, 15) is 9.59 Å². The SMILES string of the molecule is N#CCN(C(=O)COC(=O)c1ccccc1NCCO)c1ccccc1. The molecular weight excluding hydrogens is 334 g/mol. The van der Waals surface area contributed by atoms with Crippen LogP contribution in [0, 0.1) is 11.3 Å². The number of amides is 1. The number of benzene rings is 2. The van der Waals surface area contributed by atoms with Crippen LogP contribution in [-0.4, -0.2) is 43.3 Å². The van der Waals surface area contributed by atoms with E-state index >= 15 is 0 Å². The number of ether oxygens (including phenoxy) is 1. The second-order valence-electron chi connectivity index (χ2n) is 5.25. The van der Waals surface area contributed by atoms with Crippen molar-refractivity contribution in [1.29, 1.82) is 5.26 Å². The van der Waals surface area contributed by atoms with Gasteiger partial charge in [0.1, 0.15) is 6.54 Å². The molecule has 2 N–H and O–H groups in total. The van der Waals surface area contributed by atoms with Crippen molar-refractivity contribution in [3.8, 4) is 6.07 Å². The van der Waals surface area contributed by atoms with Crippen molar-refractivity contribution in [2.75, 3.05) is 36.5 Å². The lowest BCUT2D eigenvalue weighted by Gasteiger charge is -2.19. The second-order valence-corrected chi connectivity index (χ2v) is 5.25. The van der Waals surface area contributed by atoms with Crippen molar-refractivity contribution in [1.82, 2.24) is 0 Å². The predicted molar refractivity (Wildman–Crippen MR) is 96.7 cm³/mol. The largest absolute Gasteiger partial charge is 0.452 e. The molecule has 0 radical (unpaired) electrons. The Morgan fingerprint density at radius 3 is 2.50 bits per heavy atom. The van der Waals surface area contributed by atoms with E-state index in [1.165, 1.54) is 4.90 Å². The highest BCUT2D eigenvalue weighted by Gasteiger charge is 2.19. The van der Waals surface area contributed by atoms with Crippen LogP contribution >= 0.6 is 0 Å². The normalized spacial score (nSPS) is 9.85. The summed E-state index contributed by atoms with van der Waals surface area (Å²) >= 11 is 0. The van der Waals surface area contributed by atoms with Crippen LogP contribution in [0.5, 0.6) is 0 Å². The summed E-state index contributed by atoms with van der Waals surface area (Å²) in [6, 6.07) is 17.3. The van der Waals surface area contributed by atoms with Crippen molar-refractivity contribution < 1.29 is 19.4 Å². The van der Waals surface area contributed by atoms with Gasteiger partial charge >= 0.3 is 5.97 Å². The summed E-state index contributed by atoms with van der Waals surface area (Å²) in [5.41, 5.74) is 1.33. The predicted octanol–water partition coefficient (Wildman–Crippen LogP) is 1.80. The first kappa shape index (κ1) is 19.0. The van der Waals surface area contributed by atoms with Crippen molar-refractivity contribution >= 4 is 23.3 Å². The quantitative estimate of drug-likeness (QED) is 0.554. The smallest absolute Gasteiger partial charge is 0.340 e. The van der Waals surface area contributed by atoms with E-state index in [4.69, 9.17) is 15.1 Å². The van der Waals surface area contributed by atoms with Gasteiger partial charge < -0.3 is 15.2 Å². The summed E-state index contributed by atoms with van der Waals surface area (Å²) in [5.74, 6) is -1.16. The van der Waals surface area contributed by atoms with Crippen molar-refractivity contribution in [3.63, 3.8) is 0 Å². The molecule has 7 heteroatoms. The lowest BCUT2D eigenvalue weighted by Crippen LogP contribution is -2.35. The zero-order valence-corrected chi connectivity index (χ0v) is 14.1.